The second-order valence-corrected chi connectivity index (χ2v) is 5.84. The number of aliphatic carboxylic acids is 2. The molecule has 0 saturated heterocycles. The van der Waals surface area contributed by atoms with Gasteiger partial charge in [0.2, 0.25) is 17.7 Å². The average Bonchev–Trinajstić information content (AvgIpc) is 2.63. The Hall–Kier alpha value is -3.47. The molecule has 7 N–H and O–H groups in total. The van der Waals surface area contributed by atoms with E-state index in [9.17, 15) is 24.0 Å². The molecule has 28 heavy (non-hydrogen) atoms. The first-order valence-corrected chi connectivity index (χ1v) is 8.27. The first-order valence-electron chi connectivity index (χ1n) is 8.27. The van der Waals surface area contributed by atoms with Gasteiger partial charge in [-0.25, -0.2) is 0 Å². The minimum absolute atomic E-state index is 0.102. The van der Waals surface area contributed by atoms with Gasteiger partial charge in [0.1, 0.15) is 12.6 Å². The molecule has 152 valence electrons. The summed E-state index contributed by atoms with van der Waals surface area (Å²) in [6, 6.07) is 6.34. The summed E-state index contributed by atoms with van der Waals surface area (Å²) >= 11 is 0. The van der Waals surface area contributed by atoms with E-state index in [2.05, 4.69) is 16.0 Å². The zero-order valence-electron chi connectivity index (χ0n) is 14.9. The van der Waals surface area contributed by atoms with Gasteiger partial charge in [0.05, 0.1) is 19.0 Å². The molecule has 0 fully saturated rings. The van der Waals surface area contributed by atoms with Crippen LogP contribution in [-0.4, -0.2) is 65.0 Å². The van der Waals surface area contributed by atoms with Crippen LogP contribution in [0.3, 0.4) is 0 Å². The van der Waals surface area contributed by atoms with Crippen molar-refractivity contribution in [1.29, 1.82) is 0 Å². The van der Waals surface area contributed by atoms with E-state index < -0.39 is 61.3 Å². The van der Waals surface area contributed by atoms with Gasteiger partial charge >= 0.3 is 11.9 Å². The molecule has 0 aliphatic carbocycles. The number of carbonyl (C=O) groups excluding carboxylic acids is 3. The van der Waals surface area contributed by atoms with Gasteiger partial charge in [0.15, 0.2) is 0 Å². The standard InChI is InChI=1S/C17H22N4O7/c18-11(7-14(23)24)16(27)19-8-13(22)21-12(17(28)20-9-15(25)26)6-10-4-2-1-3-5-10/h1-5,11-12H,6-9,18H2,(H,19,27)(H,20,28)(H,21,22)(H,23,24)(H,25,26). The Labute approximate surface area is 160 Å². The van der Waals surface area contributed by atoms with Gasteiger partial charge in [0, 0.05) is 6.42 Å². The number of carbonyl (C=O) groups is 5. The van der Waals surface area contributed by atoms with Gasteiger partial charge in [-0.1, -0.05) is 30.3 Å². The number of amides is 3. The van der Waals surface area contributed by atoms with Crippen LogP contribution in [0.4, 0.5) is 0 Å². The van der Waals surface area contributed by atoms with Gasteiger partial charge in [-0.05, 0) is 5.56 Å². The van der Waals surface area contributed by atoms with E-state index >= 15 is 0 Å². The smallest absolute Gasteiger partial charge is 0.322 e. The first kappa shape index (κ1) is 22.6. The minimum Gasteiger partial charge on any atom is -0.481 e. The zero-order chi connectivity index (χ0) is 21.1. The third-order valence-electron chi connectivity index (χ3n) is 3.50. The van der Waals surface area contributed by atoms with E-state index in [-0.39, 0.29) is 6.42 Å². The van der Waals surface area contributed by atoms with Crippen molar-refractivity contribution in [1.82, 2.24) is 16.0 Å². The summed E-state index contributed by atoms with van der Waals surface area (Å²) < 4.78 is 0. The molecule has 2 atom stereocenters. The number of hydrogen-bond acceptors (Lipinski definition) is 6. The fraction of sp³-hybridized carbons (Fsp3) is 0.353. The summed E-state index contributed by atoms with van der Waals surface area (Å²) in [7, 11) is 0. The molecule has 1 aromatic rings. The summed E-state index contributed by atoms with van der Waals surface area (Å²) in [6.07, 6.45) is -0.494. The predicted octanol–water partition coefficient (Wildman–Crippen LogP) is -2.17. The summed E-state index contributed by atoms with van der Waals surface area (Å²) in [5, 5.41) is 24.0. The Morgan fingerprint density at radius 1 is 0.893 bits per heavy atom. The normalized spacial score (nSPS) is 12.3. The molecular formula is C17H22N4O7. The summed E-state index contributed by atoms with van der Waals surface area (Å²) in [5.41, 5.74) is 6.11. The predicted molar refractivity (Wildman–Crippen MR) is 96.0 cm³/mol. The monoisotopic (exact) mass is 394 g/mol. The maximum Gasteiger partial charge on any atom is 0.322 e. The molecule has 1 aromatic carbocycles. The molecule has 11 heteroatoms. The van der Waals surface area contributed by atoms with E-state index in [0.29, 0.717) is 0 Å². The molecule has 0 aromatic heterocycles. The minimum atomic E-state index is -1.32. The molecular weight excluding hydrogens is 372 g/mol. The highest BCUT2D eigenvalue weighted by Gasteiger charge is 2.23. The van der Waals surface area contributed by atoms with Gasteiger partial charge in [-0.2, -0.15) is 0 Å². The van der Waals surface area contributed by atoms with Crippen LogP contribution in [-0.2, 0) is 30.4 Å². The van der Waals surface area contributed by atoms with Crippen molar-refractivity contribution >= 4 is 29.7 Å². The lowest BCUT2D eigenvalue weighted by atomic mass is 10.1. The average molecular weight is 394 g/mol. The van der Waals surface area contributed by atoms with Crippen LogP contribution in [0.1, 0.15) is 12.0 Å². The Morgan fingerprint density at radius 3 is 2.07 bits per heavy atom. The molecule has 0 bridgehead atoms. The second-order valence-electron chi connectivity index (χ2n) is 5.84. The third-order valence-corrected chi connectivity index (χ3v) is 3.50. The highest BCUT2D eigenvalue weighted by molar-refractivity contribution is 5.92. The number of carboxylic acids is 2. The molecule has 0 aliphatic rings. The van der Waals surface area contributed by atoms with E-state index in [4.69, 9.17) is 15.9 Å². The van der Waals surface area contributed by atoms with Crippen LogP contribution in [0.5, 0.6) is 0 Å². The number of benzene rings is 1. The lowest BCUT2D eigenvalue weighted by molar-refractivity contribution is -0.139. The van der Waals surface area contributed by atoms with Crippen molar-refractivity contribution in [3.05, 3.63) is 35.9 Å². The Balaban J connectivity index is 2.66. The number of carboxylic acid groups (broad SMARTS) is 2. The molecule has 2 unspecified atom stereocenters. The Morgan fingerprint density at radius 2 is 1.50 bits per heavy atom. The summed E-state index contributed by atoms with van der Waals surface area (Å²) in [4.78, 5) is 57.0. The van der Waals surface area contributed by atoms with Crippen LogP contribution >= 0.6 is 0 Å². The van der Waals surface area contributed by atoms with Crippen molar-refractivity contribution in [2.24, 2.45) is 5.73 Å². The summed E-state index contributed by atoms with van der Waals surface area (Å²) in [5.74, 6) is -4.74. The highest BCUT2D eigenvalue weighted by atomic mass is 16.4. The van der Waals surface area contributed by atoms with Crippen LogP contribution in [0.15, 0.2) is 30.3 Å². The fourth-order valence-electron chi connectivity index (χ4n) is 2.17. The molecule has 0 radical (unpaired) electrons. The Bertz CT molecular complexity index is 723. The first-order chi connectivity index (χ1) is 13.2. The summed E-state index contributed by atoms with van der Waals surface area (Å²) in [6.45, 7) is -1.13. The number of hydrogen-bond donors (Lipinski definition) is 6. The molecule has 0 saturated carbocycles. The van der Waals surface area contributed by atoms with Crippen LogP contribution in [0.25, 0.3) is 0 Å². The van der Waals surface area contributed by atoms with E-state index in [1.807, 2.05) is 0 Å². The molecule has 1 rings (SSSR count). The Kier molecular flexibility index (Phi) is 9.10. The lowest BCUT2D eigenvalue weighted by Crippen LogP contribution is -2.52. The van der Waals surface area contributed by atoms with Crippen molar-refractivity contribution in [2.45, 2.75) is 24.9 Å². The van der Waals surface area contributed by atoms with E-state index in [0.717, 1.165) is 5.56 Å². The molecule has 0 heterocycles. The maximum absolute atomic E-state index is 12.2. The molecule has 3 amide bonds. The van der Waals surface area contributed by atoms with Gasteiger partial charge in [0.25, 0.3) is 0 Å². The SMILES string of the molecule is NC(CC(=O)O)C(=O)NCC(=O)NC(Cc1ccccc1)C(=O)NCC(=O)O. The van der Waals surface area contributed by atoms with Crippen LogP contribution in [0.2, 0.25) is 0 Å². The fourth-order valence-corrected chi connectivity index (χ4v) is 2.17. The van der Waals surface area contributed by atoms with E-state index in [1.165, 1.54) is 0 Å². The third kappa shape index (κ3) is 8.76. The van der Waals surface area contributed by atoms with Crippen molar-refractivity contribution < 1.29 is 34.2 Å². The highest BCUT2D eigenvalue weighted by Crippen LogP contribution is 2.03. The van der Waals surface area contributed by atoms with Crippen LogP contribution < -0.4 is 21.7 Å². The molecule has 11 nitrogen and oxygen atoms in total. The second kappa shape index (κ2) is 11.3. The number of rotatable bonds is 11. The van der Waals surface area contributed by atoms with Crippen molar-refractivity contribution in [3.63, 3.8) is 0 Å². The largest absolute Gasteiger partial charge is 0.481 e. The topological polar surface area (TPSA) is 188 Å². The van der Waals surface area contributed by atoms with Gasteiger partial charge in [-0.15, -0.1) is 0 Å². The van der Waals surface area contributed by atoms with Gasteiger partial charge < -0.3 is 31.9 Å². The van der Waals surface area contributed by atoms with Crippen molar-refractivity contribution in [3.8, 4) is 0 Å². The number of nitrogens with one attached hydrogen (secondary N) is 3. The van der Waals surface area contributed by atoms with Crippen molar-refractivity contribution in [2.75, 3.05) is 13.1 Å². The van der Waals surface area contributed by atoms with E-state index in [1.54, 1.807) is 30.3 Å². The van der Waals surface area contributed by atoms with Gasteiger partial charge in [-0.3, -0.25) is 24.0 Å². The number of nitrogens with two attached hydrogens (primary N) is 1. The maximum atomic E-state index is 12.2. The quantitative estimate of drug-likeness (QED) is 0.244. The molecule has 0 spiro atoms. The van der Waals surface area contributed by atoms with Crippen LogP contribution in [0, 0.1) is 0 Å². The zero-order valence-corrected chi connectivity index (χ0v) is 14.9. The molecule has 0 aliphatic heterocycles. The lowest BCUT2D eigenvalue weighted by Gasteiger charge is -2.19.